The van der Waals surface area contributed by atoms with Crippen molar-refractivity contribution in [3.63, 3.8) is 0 Å². The number of aliphatic hydroxyl groups is 1. The van der Waals surface area contributed by atoms with Gasteiger partial charge in [0.2, 0.25) is 0 Å². The fourth-order valence-electron chi connectivity index (χ4n) is 3.59. The van der Waals surface area contributed by atoms with Crippen LogP contribution in [0.15, 0.2) is 60.7 Å². The third-order valence-corrected chi connectivity index (χ3v) is 4.78. The Balaban J connectivity index is 1.67. The molecule has 4 unspecified atom stereocenters. The lowest BCUT2D eigenvalue weighted by molar-refractivity contribution is -0.00282. The van der Waals surface area contributed by atoms with Crippen molar-refractivity contribution in [2.45, 2.75) is 37.9 Å². The molecule has 1 fully saturated rings. The van der Waals surface area contributed by atoms with E-state index in [0.717, 1.165) is 12.8 Å². The minimum atomic E-state index is 0.0973. The molecule has 0 spiro atoms. The van der Waals surface area contributed by atoms with E-state index < -0.39 is 0 Å². The lowest BCUT2D eigenvalue weighted by atomic mass is 9.89. The zero-order chi connectivity index (χ0) is 15.4. The summed E-state index contributed by atoms with van der Waals surface area (Å²) in [5.74, 6) is 0.703. The Labute approximate surface area is 132 Å². The average Bonchev–Trinajstić information content (AvgIpc) is 2.99. The molecular weight excluding hydrogens is 272 g/mol. The minimum Gasteiger partial charge on any atom is -0.396 e. The molecule has 3 rings (SSSR count). The third kappa shape index (κ3) is 3.40. The van der Waals surface area contributed by atoms with Crippen LogP contribution in [0.3, 0.4) is 0 Å². The van der Waals surface area contributed by atoms with Gasteiger partial charge in [-0.3, -0.25) is 0 Å². The van der Waals surface area contributed by atoms with Gasteiger partial charge in [-0.25, -0.2) is 0 Å². The Kier molecular flexibility index (Phi) is 4.91. The van der Waals surface area contributed by atoms with Gasteiger partial charge in [0.15, 0.2) is 0 Å². The summed E-state index contributed by atoms with van der Waals surface area (Å²) in [6.07, 6.45) is 2.25. The van der Waals surface area contributed by atoms with Gasteiger partial charge >= 0.3 is 0 Å². The summed E-state index contributed by atoms with van der Waals surface area (Å²) >= 11 is 0. The lowest BCUT2D eigenvalue weighted by Gasteiger charge is -2.19. The average molecular weight is 296 g/mol. The second-order valence-corrected chi connectivity index (χ2v) is 6.24. The largest absolute Gasteiger partial charge is 0.396 e. The zero-order valence-corrected chi connectivity index (χ0v) is 13.1. The highest BCUT2D eigenvalue weighted by Crippen LogP contribution is 2.42. The van der Waals surface area contributed by atoms with E-state index in [1.165, 1.54) is 11.1 Å². The summed E-state index contributed by atoms with van der Waals surface area (Å²) in [6, 6.07) is 20.9. The molecular formula is C20H24O2. The first kappa shape index (κ1) is 15.3. The molecule has 2 heteroatoms. The van der Waals surface area contributed by atoms with Crippen LogP contribution in [-0.4, -0.2) is 17.8 Å². The summed E-state index contributed by atoms with van der Waals surface area (Å²) in [5.41, 5.74) is 2.53. The quantitative estimate of drug-likeness (QED) is 0.890. The minimum absolute atomic E-state index is 0.0973. The Morgan fingerprint density at radius 2 is 1.64 bits per heavy atom. The van der Waals surface area contributed by atoms with Crippen molar-refractivity contribution in [2.24, 2.45) is 5.92 Å². The standard InChI is InChI=1S/C20H24O2/c1-15(16-8-4-2-5-9-16)22-19-12-18(14-21)20(13-19)17-10-6-3-7-11-17/h2-11,15,18-21H,12-14H2,1H3. The van der Waals surface area contributed by atoms with Crippen molar-refractivity contribution in [2.75, 3.05) is 6.61 Å². The molecule has 2 aromatic rings. The predicted molar refractivity (Wildman–Crippen MR) is 88.7 cm³/mol. The van der Waals surface area contributed by atoms with Crippen LogP contribution in [0.2, 0.25) is 0 Å². The van der Waals surface area contributed by atoms with Crippen LogP contribution in [0.5, 0.6) is 0 Å². The number of aliphatic hydroxyl groups excluding tert-OH is 1. The highest BCUT2D eigenvalue weighted by molar-refractivity contribution is 5.22. The van der Waals surface area contributed by atoms with Crippen molar-refractivity contribution >= 4 is 0 Å². The Bertz CT molecular complexity index is 567. The van der Waals surface area contributed by atoms with Crippen molar-refractivity contribution in [3.05, 3.63) is 71.8 Å². The normalized spacial score (nSPS) is 26.0. The van der Waals surface area contributed by atoms with E-state index in [4.69, 9.17) is 4.74 Å². The van der Waals surface area contributed by atoms with Gasteiger partial charge in [0.1, 0.15) is 0 Å². The van der Waals surface area contributed by atoms with Crippen LogP contribution < -0.4 is 0 Å². The second-order valence-electron chi connectivity index (χ2n) is 6.24. The van der Waals surface area contributed by atoms with E-state index in [1.807, 2.05) is 24.3 Å². The number of hydrogen-bond acceptors (Lipinski definition) is 2. The predicted octanol–water partition coefficient (Wildman–Crippen LogP) is 4.32. The summed E-state index contributed by atoms with van der Waals surface area (Å²) in [5, 5.41) is 9.71. The van der Waals surface area contributed by atoms with Crippen molar-refractivity contribution < 1.29 is 9.84 Å². The fraction of sp³-hybridized carbons (Fsp3) is 0.400. The first-order valence-corrected chi connectivity index (χ1v) is 8.14. The highest BCUT2D eigenvalue weighted by atomic mass is 16.5. The summed E-state index contributed by atoms with van der Waals surface area (Å²) < 4.78 is 6.27. The van der Waals surface area contributed by atoms with Crippen LogP contribution >= 0.6 is 0 Å². The highest BCUT2D eigenvalue weighted by Gasteiger charge is 2.36. The van der Waals surface area contributed by atoms with Gasteiger partial charge in [-0.05, 0) is 42.7 Å². The van der Waals surface area contributed by atoms with E-state index in [-0.39, 0.29) is 18.8 Å². The zero-order valence-electron chi connectivity index (χ0n) is 13.1. The maximum atomic E-state index is 9.71. The number of rotatable bonds is 5. The second kappa shape index (κ2) is 7.08. The van der Waals surface area contributed by atoms with Crippen molar-refractivity contribution in [1.82, 2.24) is 0 Å². The molecule has 0 aromatic heterocycles. The van der Waals surface area contributed by atoms with Gasteiger partial charge in [-0.1, -0.05) is 60.7 Å². The molecule has 0 aliphatic heterocycles. The number of hydrogen-bond donors (Lipinski definition) is 1. The molecule has 1 aliphatic rings. The SMILES string of the molecule is CC(OC1CC(CO)C(c2ccccc2)C1)c1ccccc1. The van der Waals surface area contributed by atoms with E-state index >= 15 is 0 Å². The van der Waals surface area contributed by atoms with E-state index in [2.05, 4.69) is 43.3 Å². The molecule has 116 valence electrons. The summed E-state index contributed by atoms with van der Waals surface area (Å²) in [7, 11) is 0. The van der Waals surface area contributed by atoms with E-state index in [9.17, 15) is 5.11 Å². The molecule has 0 bridgehead atoms. The van der Waals surface area contributed by atoms with Gasteiger partial charge in [0, 0.05) is 6.61 Å². The first-order chi connectivity index (χ1) is 10.8. The van der Waals surface area contributed by atoms with E-state index in [1.54, 1.807) is 0 Å². The molecule has 22 heavy (non-hydrogen) atoms. The molecule has 0 saturated heterocycles. The molecule has 2 aromatic carbocycles. The van der Waals surface area contributed by atoms with Crippen LogP contribution in [0.4, 0.5) is 0 Å². The Morgan fingerprint density at radius 3 is 2.27 bits per heavy atom. The maximum Gasteiger partial charge on any atom is 0.0800 e. The molecule has 1 saturated carbocycles. The van der Waals surface area contributed by atoms with Gasteiger partial charge in [-0.2, -0.15) is 0 Å². The van der Waals surface area contributed by atoms with Crippen LogP contribution in [-0.2, 0) is 4.74 Å². The third-order valence-electron chi connectivity index (χ3n) is 4.78. The van der Waals surface area contributed by atoms with Crippen LogP contribution in [0.25, 0.3) is 0 Å². The first-order valence-electron chi connectivity index (χ1n) is 8.14. The molecule has 0 heterocycles. The monoisotopic (exact) mass is 296 g/mol. The Morgan fingerprint density at radius 1 is 1.00 bits per heavy atom. The Hall–Kier alpha value is -1.64. The molecule has 0 radical (unpaired) electrons. The molecule has 2 nitrogen and oxygen atoms in total. The molecule has 0 amide bonds. The fourth-order valence-corrected chi connectivity index (χ4v) is 3.59. The smallest absolute Gasteiger partial charge is 0.0800 e. The topological polar surface area (TPSA) is 29.5 Å². The van der Waals surface area contributed by atoms with Gasteiger partial charge in [0.25, 0.3) is 0 Å². The molecule has 4 atom stereocenters. The maximum absolute atomic E-state index is 9.71. The molecule has 1 aliphatic carbocycles. The van der Waals surface area contributed by atoms with E-state index in [0.29, 0.717) is 11.8 Å². The number of ether oxygens (including phenoxy) is 1. The van der Waals surface area contributed by atoms with Crippen LogP contribution in [0.1, 0.15) is 42.9 Å². The van der Waals surface area contributed by atoms with Gasteiger partial charge in [-0.15, -0.1) is 0 Å². The van der Waals surface area contributed by atoms with Crippen LogP contribution in [0, 0.1) is 5.92 Å². The summed E-state index contributed by atoms with van der Waals surface area (Å²) in [4.78, 5) is 0. The van der Waals surface area contributed by atoms with Gasteiger partial charge in [0.05, 0.1) is 12.2 Å². The number of benzene rings is 2. The molecule has 1 N–H and O–H groups in total. The summed E-state index contributed by atoms with van der Waals surface area (Å²) in [6.45, 7) is 2.35. The lowest BCUT2D eigenvalue weighted by Crippen LogP contribution is -2.12. The van der Waals surface area contributed by atoms with Gasteiger partial charge < -0.3 is 9.84 Å². The van der Waals surface area contributed by atoms with Crippen molar-refractivity contribution in [1.29, 1.82) is 0 Å². The van der Waals surface area contributed by atoms with Crippen molar-refractivity contribution in [3.8, 4) is 0 Å².